The van der Waals surface area contributed by atoms with Gasteiger partial charge in [-0.2, -0.15) is 0 Å². The number of nitro benzene ring substituents is 1. The number of likely N-dealkylation sites (tertiary alicyclic amines) is 1. The predicted molar refractivity (Wildman–Crippen MR) is 92.1 cm³/mol. The predicted octanol–water partition coefficient (Wildman–Crippen LogP) is 3.04. The summed E-state index contributed by atoms with van der Waals surface area (Å²) in [6, 6.07) is 4.00. The van der Waals surface area contributed by atoms with Crippen molar-refractivity contribution in [3.63, 3.8) is 0 Å². The van der Waals surface area contributed by atoms with Gasteiger partial charge in [0.25, 0.3) is 5.69 Å². The minimum absolute atomic E-state index is 0.0203. The summed E-state index contributed by atoms with van der Waals surface area (Å²) in [4.78, 5) is 13.5. The molecule has 0 aromatic heterocycles. The Kier molecular flexibility index (Phi) is 5.08. The van der Waals surface area contributed by atoms with Gasteiger partial charge in [-0.15, -0.1) is 0 Å². The zero-order valence-electron chi connectivity index (χ0n) is 14.3. The Labute approximate surface area is 142 Å². The van der Waals surface area contributed by atoms with E-state index in [9.17, 15) is 10.1 Å². The quantitative estimate of drug-likeness (QED) is 0.636. The molecule has 0 radical (unpaired) electrons. The van der Waals surface area contributed by atoms with Gasteiger partial charge in [0, 0.05) is 31.2 Å². The molecule has 3 rings (SSSR count). The number of rotatable bonds is 6. The second-order valence-electron chi connectivity index (χ2n) is 6.54. The minimum atomic E-state index is -0.381. The van der Waals surface area contributed by atoms with Crippen molar-refractivity contribution >= 4 is 11.4 Å². The first-order chi connectivity index (χ1) is 11.6. The second-order valence-corrected chi connectivity index (χ2v) is 6.54. The Balaban J connectivity index is 1.75. The molecular formula is C17H25N3O4. The van der Waals surface area contributed by atoms with E-state index in [0.717, 1.165) is 19.5 Å². The van der Waals surface area contributed by atoms with Crippen LogP contribution in [0.2, 0.25) is 0 Å². The molecule has 1 saturated carbocycles. The van der Waals surface area contributed by atoms with Crippen LogP contribution in [-0.4, -0.2) is 49.2 Å². The summed E-state index contributed by atoms with van der Waals surface area (Å²) in [7, 11) is 3.01. The Morgan fingerprint density at radius 1 is 1.17 bits per heavy atom. The smallest absolute Gasteiger partial charge is 0.296 e. The van der Waals surface area contributed by atoms with Crippen molar-refractivity contribution in [1.29, 1.82) is 0 Å². The van der Waals surface area contributed by atoms with Gasteiger partial charge in [-0.25, -0.2) is 0 Å². The van der Waals surface area contributed by atoms with E-state index in [1.807, 2.05) is 0 Å². The van der Waals surface area contributed by atoms with Crippen LogP contribution in [0.3, 0.4) is 0 Å². The van der Waals surface area contributed by atoms with Crippen LogP contribution in [0, 0.1) is 10.1 Å². The number of hydrogen-bond donors (Lipinski definition) is 1. The summed E-state index contributed by atoms with van der Waals surface area (Å²) < 4.78 is 10.5. The number of nitro groups is 1. The van der Waals surface area contributed by atoms with E-state index in [-0.39, 0.29) is 16.7 Å². The van der Waals surface area contributed by atoms with E-state index in [4.69, 9.17) is 9.47 Å². The van der Waals surface area contributed by atoms with Crippen molar-refractivity contribution < 1.29 is 14.4 Å². The topological polar surface area (TPSA) is 76.9 Å². The first-order valence-electron chi connectivity index (χ1n) is 8.53. The second kappa shape index (κ2) is 7.25. The monoisotopic (exact) mass is 335 g/mol. The van der Waals surface area contributed by atoms with Crippen LogP contribution < -0.4 is 14.8 Å². The van der Waals surface area contributed by atoms with Gasteiger partial charge in [-0.3, -0.25) is 15.0 Å². The number of hydrogen-bond acceptors (Lipinski definition) is 6. The highest BCUT2D eigenvalue weighted by molar-refractivity contribution is 5.68. The molecule has 1 aromatic rings. The highest BCUT2D eigenvalue weighted by Gasteiger charge is 2.31. The zero-order valence-corrected chi connectivity index (χ0v) is 14.3. The van der Waals surface area contributed by atoms with Crippen molar-refractivity contribution in [1.82, 2.24) is 4.90 Å². The maximum atomic E-state index is 11.4. The Bertz CT molecular complexity index is 602. The van der Waals surface area contributed by atoms with Gasteiger partial charge in [0.15, 0.2) is 11.5 Å². The Morgan fingerprint density at radius 3 is 2.46 bits per heavy atom. The molecule has 7 nitrogen and oxygen atoms in total. The summed E-state index contributed by atoms with van der Waals surface area (Å²) in [6.45, 7) is 2.00. The first-order valence-corrected chi connectivity index (χ1v) is 8.53. The molecule has 7 heteroatoms. The SMILES string of the molecule is COc1cc(NC2CCN(C3CCCC3)C2)c([N+](=O)[O-])cc1OC. The van der Waals surface area contributed by atoms with Crippen LogP contribution in [0.25, 0.3) is 0 Å². The molecule has 24 heavy (non-hydrogen) atoms. The molecule has 1 heterocycles. The summed E-state index contributed by atoms with van der Waals surface area (Å²) in [6.07, 6.45) is 6.20. The van der Waals surface area contributed by atoms with Crippen molar-refractivity contribution in [3.05, 3.63) is 22.2 Å². The molecule has 1 aliphatic heterocycles. The van der Waals surface area contributed by atoms with Gasteiger partial charge >= 0.3 is 0 Å². The molecule has 1 atom stereocenters. The number of nitrogens with one attached hydrogen (secondary N) is 1. The summed E-state index contributed by atoms with van der Waals surface area (Å²) in [5, 5.41) is 14.7. The van der Waals surface area contributed by atoms with Crippen LogP contribution in [0.1, 0.15) is 32.1 Å². The molecular weight excluding hydrogens is 310 g/mol. The Hall–Kier alpha value is -2.02. The third-order valence-corrected chi connectivity index (χ3v) is 5.12. The van der Waals surface area contributed by atoms with E-state index in [1.165, 1.54) is 46.0 Å². The van der Waals surface area contributed by atoms with Crippen LogP contribution >= 0.6 is 0 Å². The normalized spacial score (nSPS) is 21.8. The maximum absolute atomic E-state index is 11.4. The van der Waals surface area contributed by atoms with Crippen LogP contribution in [-0.2, 0) is 0 Å². The summed E-state index contributed by atoms with van der Waals surface area (Å²) in [5.74, 6) is 0.866. The largest absolute Gasteiger partial charge is 0.493 e. The average Bonchev–Trinajstić information content (AvgIpc) is 3.25. The van der Waals surface area contributed by atoms with Gasteiger partial charge in [0.2, 0.25) is 0 Å². The zero-order chi connectivity index (χ0) is 17.1. The molecule has 2 aliphatic rings. The third kappa shape index (κ3) is 3.40. The maximum Gasteiger partial charge on any atom is 0.296 e. The lowest BCUT2D eigenvalue weighted by Gasteiger charge is -2.23. The average molecular weight is 335 g/mol. The fourth-order valence-electron chi connectivity index (χ4n) is 3.86. The van der Waals surface area contributed by atoms with E-state index < -0.39 is 0 Å². The molecule has 132 valence electrons. The summed E-state index contributed by atoms with van der Waals surface area (Å²) >= 11 is 0. The van der Waals surface area contributed by atoms with E-state index in [2.05, 4.69) is 10.2 Å². The molecule has 0 amide bonds. The number of nitrogens with zero attached hydrogens (tertiary/aromatic N) is 2. The number of ether oxygens (including phenoxy) is 2. The highest BCUT2D eigenvalue weighted by Crippen LogP contribution is 2.38. The van der Waals surface area contributed by atoms with E-state index in [0.29, 0.717) is 23.2 Å². The van der Waals surface area contributed by atoms with Gasteiger partial charge in [0.1, 0.15) is 5.69 Å². The highest BCUT2D eigenvalue weighted by atomic mass is 16.6. The first kappa shape index (κ1) is 16.8. The fourth-order valence-corrected chi connectivity index (χ4v) is 3.86. The summed E-state index contributed by atoms with van der Waals surface area (Å²) in [5.41, 5.74) is 0.517. The van der Waals surface area contributed by atoms with E-state index >= 15 is 0 Å². The number of methoxy groups -OCH3 is 2. The minimum Gasteiger partial charge on any atom is -0.493 e. The van der Waals surface area contributed by atoms with Gasteiger partial charge in [-0.05, 0) is 19.3 Å². The van der Waals surface area contributed by atoms with Gasteiger partial charge in [0.05, 0.1) is 25.2 Å². The lowest BCUT2D eigenvalue weighted by Crippen LogP contribution is -2.33. The van der Waals surface area contributed by atoms with Crippen LogP contribution in [0.4, 0.5) is 11.4 Å². The molecule has 1 saturated heterocycles. The molecule has 1 N–H and O–H groups in total. The molecule has 1 unspecified atom stereocenters. The number of anilines is 1. The molecule has 1 aromatic carbocycles. The standard InChI is InChI=1S/C17H25N3O4/c1-23-16-9-14(15(20(21)22)10-17(16)24-2)18-12-7-8-19(11-12)13-5-3-4-6-13/h9-10,12-13,18H,3-8,11H2,1-2H3. The lowest BCUT2D eigenvalue weighted by molar-refractivity contribution is -0.384. The number of benzene rings is 1. The van der Waals surface area contributed by atoms with Crippen molar-refractivity contribution in [2.75, 3.05) is 32.6 Å². The molecule has 1 aliphatic carbocycles. The van der Waals surface area contributed by atoms with Gasteiger partial charge < -0.3 is 14.8 Å². The third-order valence-electron chi connectivity index (χ3n) is 5.12. The Morgan fingerprint density at radius 2 is 1.83 bits per heavy atom. The lowest BCUT2D eigenvalue weighted by atomic mass is 10.2. The molecule has 0 bridgehead atoms. The van der Waals surface area contributed by atoms with E-state index in [1.54, 1.807) is 6.07 Å². The van der Waals surface area contributed by atoms with Crippen LogP contribution in [0.5, 0.6) is 11.5 Å². The van der Waals surface area contributed by atoms with Gasteiger partial charge in [-0.1, -0.05) is 12.8 Å². The molecule has 2 fully saturated rings. The van der Waals surface area contributed by atoms with Crippen molar-refractivity contribution in [3.8, 4) is 11.5 Å². The van der Waals surface area contributed by atoms with Crippen molar-refractivity contribution in [2.24, 2.45) is 0 Å². The fraction of sp³-hybridized carbons (Fsp3) is 0.647. The van der Waals surface area contributed by atoms with Crippen LogP contribution in [0.15, 0.2) is 12.1 Å². The molecule has 0 spiro atoms. The van der Waals surface area contributed by atoms with Crippen molar-refractivity contribution in [2.45, 2.75) is 44.2 Å².